The van der Waals surface area contributed by atoms with Gasteiger partial charge in [-0.3, -0.25) is 4.79 Å². The maximum Gasteiger partial charge on any atom is 0.277 e. The molecule has 0 spiro atoms. The van der Waals surface area contributed by atoms with Gasteiger partial charge in [-0.1, -0.05) is 42.1 Å². The third kappa shape index (κ3) is 3.31. The molecule has 1 heterocycles. The van der Waals surface area contributed by atoms with Crippen LogP contribution in [-0.2, 0) is 12.8 Å². The van der Waals surface area contributed by atoms with Crippen LogP contribution in [-0.4, -0.2) is 21.2 Å². The first-order chi connectivity index (χ1) is 12.6. The van der Waals surface area contributed by atoms with Crippen molar-refractivity contribution >= 4 is 17.5 Å². The summed E-state index contributed by atoms with van der Waals surface area (Å²) in [6.07, 6.45) is 3.38. The zero-order valence-electron chi connectivity index (χ0n) is 14.9. The molecule has 0 saturated carbocycles. The van der Waals surface area contributed by atoms with E-state index < -0.39 is 0 Å². The molecule has 0 aliphatic heterocycles. The lowest BCUT2D eigenvalue weighted by Gasteiger charge is -2.09. The number of hydrogen-bond donors (Lipinski definition) is 0. The SMILES string of the molecule is Cc1ccccc1-c1nnc(SC(C)C(=O)c2ccc3c(c2)CCC3)o1. The first kappa shape index (κ1) is 17.0. The fraction of sp³-hybridized carbons (Fsp3) is 0.286. The van der Waals surface area contributed by atoms with Gasteiger partial charge in [0, 0.05) is 11.1 Å². The average molecular weight is 364 g/mol. The minimum Gasteiger partial charge on any atom is -0.411 e. The summed E-state index contributed by atoms with van der Waals surface area (Å²) >= 11 is 1.31. The number of ketones is 1. The highest BCUT2D eigenvalue weighted by atomic mass is 32.2. The lowest BCUT2D eigenvalue weighted by molar-refractivity contribution is 0.0993. The highest BCUT2D eigenvalue weighted by molar-refractivity contribution is 8.00. The van der Waals surface area contributed by atoms with Crippen LogP contribution in [0.4, 0.5) is 0 Å². The van der Waals surface area contributed by atoms with E-state index in [1.165, 1.54) is 29.3 Å². The van der Waals surface area contributed by atoms with Crippen molar-refractivity contribution in [1.82, 2.24) is 10.2 Å². The standard InChI is InChI=1S/C21H20N2O2S/c1-13-6-3-4-9-18(13)20-22-23-21(25-20)26-14(2)19(24)17-11-10-15-7-5-8-16(15)12-17/h3-4,6,9-12,14H,5,7-8H2,1-2H3. The van der Waals surface area contributed by atoms with Gasteiger partial charge in [-0.05, 0) is 61.9 Å². The second-order valence-electron chi connectivity index (χ2n) is 6.65. The van der Waals surface area contributed by atoms with Gasteiger partial charge in [-0.2, -0.15) is 0 Å². The van der Waals surface area contributed by atoms with Crippen LogP contribution in [0, 0.1) is 6.92 Å². The molecule has 0 amide bonds. The summed E-state index contributed by atoms with van der Waals surface area (Å²) in [5.74, 6) is 0.586. The van der Waals surface area contributed by atoms with E-state index >= 15 is 0 Å². The van der Waals surface area contributed by atoms with Gasteiger partial charge in [-0.25, -0.2) is 0 Å². The van der Waals surface area contributed by atoms with Crippen molar-refractivity contribution in [3.63, 3.8) is 0 Å². The molecule has 0 bridgehead atoms. The Balaban J connectivity index is 1.49. The maximum atomic E-state index is 12.8. The summed E-state index contributed by atoms with van der Waals surface area (Å²) in [4.78, 5) is 12.8. The molecule has 1 unspecified atom stereocenters. The molecule has 1 aliphatic carbocycles. The second-order valence-corrected chi connectivity index (χ2v) is 7.94. The van der Waals surface area contributed by atoms with Crippen molar-refractivity contribution < 1.29 is 9.21 Å². The van der Waals surface area contributed by atoms with Crippen molar-refractivity contribution in [3.8, 4) is 11.5 Å². The predicted octanol–water partition coefficient (Wildman–Crippen LogP) is 4.90. The highest BCUT2D eigenvalue weighted by Gasteiger charge is 2.22. The fourth-order valence-corrected chi connectivity index (χ4v) is 4.10. The minimum absolute atomic E-state index is 0.0975. The number of carbonyl (C=O) groups is 1. The van der Waals surface area contributed by atoms with Gasteiger partial charge in [0.15, 0.2) is 5.78 Å². The number of thioether (sulfide) groups is 1. The molecule has 1 atom stereocenters. The molecule has 26 heavy (non-hydrogen) atoms. The Morgan fingerprint density at radius 3 is 2.77 bits per heavy atom. The number of fused-ring (bicyclic) bond motifs is 1. The quantitative estimate of drug-likeness (QED) is 0.476. The number of Topliss-reactive ketones (excluding diaryl/α,β-unsaturated/α-hetero) is 1. The largest absolute Gasteiger partial charge is 0.411 e. The van der Waals surface area contributed by atoms with E-state index in [1.807, 2.05) is 50.2 Å². The van der Waals surface area contributed by atoms with Crippen molar-refractivity contribution in [2.45, 2.75) is 43.6 Å². The molecule has 3 aromatic rings. The fourth-order valence-electron chi connectivity index (χ4n) is 3.34. The van der Waals surface area contributed by atoms with Crippen LogP contribution < -0.4 is 0 Å². The van der Waals surface area contributed by atoms with Gasteiger partial charge in [-0.15, -0.1) is 10.2 Å². The summed E-state index contributed by atoms with van der Waals surface area (Å²) < 4.78 is 5.77. The van der Waals surface area contributed by atoms with Crippen LogP contribution in [0.2, 0.25) is 0 Å². The lowest BCUT2D eigenvalue weighted by atomic mass is 10.0. The number of aryl methyl sites for hydroxylation is 3. The lowest BCUT2D eigenvalue weighted by Crippen LogP contribution is -2.13. The third-order valence-corrected chi connectivity index (χ3v) is 5.75. The number of aromatic nitrogens is 2. The minimum atomic E-state index is -0.278. The van der Waals surface area contributed by atoms with Crippen LogP contribution in [0.25, 0.3) is 11.5 Å². The zero-order chi connectivity index (χ0) is 18.1. The van der Waals surface area contributed by atoms with Crippen LogP contribution in [0.5, 0.6) is 0 Å². The second kappa shape index (κ2) is 7.08. The van der Waals surface area contributed by atoms with E-state index in [0.29, 0.717) is 11.1 Å². The summed E-state index contributed by atoms with van der Waals surface area (Å²) in [6, 6.07) is 14.0. The third-order valence-electron chi connectivity index (χ3n) is 4.81. The summed E-state index contributed by atoms with van der Waals surface area (Å²) in [5.41, 5.74) is 5.46. The van der Waals surface area contributed by atoms with E-state index in [9.17, 15) is 4.79 Å². The van der Waals surface area contributed by atoms with Gasteiger partial charge in [0.25, 0.3) is 5.22 Å². The molecule has 0 radical (unpaired) electrons. The van der Waals surface area contributed by atoms with E-state index in [0.717, 1.165) is 29.5 Å². The molecular weight excluding hydrogens is 344 g/mol. The van der Waals surface area contributed by atoms with Gasteiger partial charge in [0.05, 0.1) is 5.25 Å². The molecule has 0 fully saturated rings. The number of hydrogen-bond acceptors (Lipinski definition) is 5. The van der Waals surface area contributed by atoms with Crippen LogP contribution in [0.3, 0.4) is 0 Å². The van der Waals surface area contributed by atoms with Crippen LogP contribution >= 0.6 is 11.8 Å². The highest BCUT2D eigenvalue weighted by Crippen LogP contribution is 2.30. The summed E-state index contributed by atoms with van der Waals surface area (Å²) in [5, 5.41) is 8.38. The molecule has 2 aromatic carbocycles. The summed E-state index contributed by atoms with van der Waals surface area (Å²) in [6.45, 7) is 3.89. The van der Waals surface area contributed by atoms with Gasteiger partial charge >= 0.3 is 0 Å². The van der Waals surface area contributed by atoms with E-state index in [1.54, 1.807) is 0 Å². The van der Waals surface area contributed by atoms with Gasteiger partial charge in [0.2, 0.25) is 5.89 Å². The first-order valence-corrected chi connectivity index (χ1v) is 9.72. The van der Waals surface area contributed by atoms with Crippen molar-refractivity contribution in [2.24, 2.45) is 0 Å². The van der Waals surface area contributed by atoms with Crippen LogP contribution in [0.1, 0.15) is 40.4 Å². The molecule has 0 N–H and O–H groups in total. The van der Waals surface area contributed by atoms with Crippen molar-refractivity contribution in [3.05, 3.63) is 64.7 Å². The Morgan fingerprint density at radius 1 is 1.12 bits per heavy atom. The Kier molecular flexibility index (Phi) is 4.64. The Bertz CT molecular complexity index is 964. The maximum absolute atomic E-state index is 12.8. The summed E-state index contributed by atoms with van der Waals surface area (Å²) in [7, 11) is 0. The number of nitrogens with zero attached hydrogens (tertiary/aromatic N) is 2. The monoisotopic (exact) mass is 364 g/mol. The molecule has 0 saturated heterocycles. The molecule has 4 nitrogen and oxygen atoms in total. The molecule has 1 aromatic heterocycles. The predicted molar refractivity (Wildman–Crippen MR) is 103 cm³/mol. The number of rotatable bonds is 5. The molecule has 5 heteroatoms. The van der Waals surface area contributed by atoms with E-state index in [2.05, 4.69) is 16.3 Å². The molecule has 132 valence electrons. The smallest absolute Gasteiger partial charge is 0.277 e. The topological polar surface area (TPSA) is 56.0 Å². The zero-order valence-corrected chi connectivity index (χ0v) is 15.7. The Hall–Kier alpha value is -2.40. The van der Waals surface area contributed by atoms with Crippen LogP contribution in [0.15, 0.2) is 52.1 Å². The normalized spacial score (nSPS) is 14.2. The first-order valence-electron chi connectivity index (χ1n) is 8.84. The number of benzene rings is 2. The molecular formula is C21H20N2O2S. The van der Waals surface area contributed by atoms with Gasteiger partial charge in [0.1, 0.15) is 0 Å². The molecule has 1 aliphatic rings. The van der Waals surface area contributed by atoms with E-state index in [4.69, 9.17) is 4.42 Å². The van der Waals surface area contributed by atoms with Crippen molar-refractivity contribution in [2.75, 3.05) is 0 Å². The molecule has 4 rings (SSSR count). The van der Waals surface area contributed by atoms with Crippen molar-refractivity contribution in [1.29, 1.82) is 0 Å². The Morgan fingerprint density at radius 2 is 1.92 bits per heavy atom. The van der Waals surface area contributed by atoms with Gasteiger partial charge < -0.3 is 4.42 Å². The average Bonchev–Trinajstić information content (AvgIpc) is 3.30. The number of carbonyl (C=O) groups excluding carboxylic acids is 1. The van der Waals surface area contributed by atoms with E-state index in [-0.39, 0.29) is 11.0 Å². The Labute approximate surface area is 157 Å².